The Kier molecular flexibility index (Phi) is 6.38. The summed E-state index contributed by atoms with van der Waals surface area (Å²) in [5, 5.41) is 0.681. The predicted octanol–water partition coefficient (Wildman–Crippen LogP) is 3.21. The second-order valence-electron chi connectivity index (χ2n) is 3.97. The van der Waals surface area contributed by atoms with Crippen LogP contribution in [0.15, 0.2) is 18.5 Å². The van der Waals surface area contributed by atoms with Crippen LogP contribution >= 0.6 is 11.6 Å². The molecular weight excluding hydrogens is 222 g/mol. The molecule has 1 unspecified atom stereocenters. The van der Waals surface area contributed by atoms with Gasteiger partial charge in [0.2, 0.25) is 0 Å². The Morgan fingerprint density at radius 2 is 2.25 bits per heavy atom. The largest absolute Gasteiger partial charge is 0.271 e. The van der Waals surface area contributed by atoms with Gasteiger partial charge >= 0.3 is 0 Å². The van der Waals surface area contributed by atoms with E-state index >= 15 is 0 Å². The van der Waals surface area contributed by atoms with E-state index in [0.717, 1.165) is 12.0 Å². The molecule has 1 aromatic heterocycles. The van der Waals surface area contributed by atoms with Crippen LogP contribution in [0.1, 0.15) is 50.6 Å². The number of unbranched alkanes of at least 4 members (excludes halogenated alkanes) is 3. The molecule has 1 aromatic rings. The zero-order valence-electron chi connectivity index (χ0n) is 9.75. The molecule has 4 heteroatoms. The van der Waals surface area contributed by atoms with Gasteiger partial charge in [0.05, 0.1) is 5.02 Å². The van der Waals surface area contributed by atoms with Crippen molar-refractivity contribution in [3.05, 3.63) is 29.0 Å². The minimum atomic E-state index is 0.132. The minimum Gasteiger partial charge on any atom is -0.271 e. The highest BCUT2D eigenvalue weighted by Crippen LogP contribution is 2.25. The van der Waals surface area contributed by atoms with Crippen molar-refractivity contribution in [3.8, 4) is 0 Å². The highest BCUT2D eigenvalue weighted by Gasteiger charge is 2.12. The van der Waals surface area contributed by atoms with Gasteiger partial charge in [-0.2, -0.15) is 0 Å². The van der Waals surface area contributed by atoms with Crippen LogP contribution in [0.2, 0.25) is 5.02 Å². The molecule has 0 fully saturated rings. The van der Waals surface area contributed by atoms with Gasteiger partial charge < -0.3 is 0 Å². The first-order valence-electron chi connectivity index (χ1n) is 5.85. The van der Waals surface area contributed by atoms with Crippen LogP contribution in [0, 0.1) is 0 Å². The number of nitrogens with one attached hydrogen (secondary N) is 1. The van der Waals surface area contributed by atoms with Gasteiger partial charge in [-0.15, -0.1) is 0 Å². The molecule has 16 heavy (non-hydrogen) atoms. The fourth-order valence-electron chi connectivity index (χ4n) is 1.77. The minimum absolute atomic E-state index is 0.132. The zero-order chi connectivity index (χ0) is 11.8. The number of nitrogens with zero attached hydrogens (tertiary/aromatic N) is 1. The fraction of sp³-hybridized carbons (Fsp3) is 0.583. The van der Waals surface area contributed by atoms with Crippen LogP contribution in [-0.4, -0.2) is 4.98 Å². The lowest BCUT2D eigenvalue weighted by Gasteiger charge is -2.17. The van der Waals surface area contributed by atoms with Crippen LogP contribution in [0.5, 0.6) is 0 Å². The Morgan fingerprint density at radius 1 is 1.44 bits per heavy atom. The quantitative estimate of drug-likeness (QED) is 0.438. The first-order valence-corrected chi connectivity index (χ1v) is 6.23. The van der Waals surface area contributed by atoms with E-state index in [-0.39, 0.29) is 6.04 Å². The average molecular weight is 242 g/mol. The Labute approximate surface area is 102 Å². The molecule has 0 aliphatic heterocycles. The standard InChI is InChI=1S/C12H20ClN3/c1-2-3-4-5-6-12(16-14)10-7-8-15-9-11(10)13/h7-9,12,16H,2-6,14H2,1H3. The first-order chi connectivity index (χ1) is 7.79. The molecule has 0 aromatic carbocycles. The van der Waals surface area contributed by atoms with Crippen LogP contribution < -0.4 is 11.3 Å². The summed E-state index contributed by atoms with van der Waals surface area (Å²) in [5.41, 5.74) is 3.86. The van der Waals surface area contributed by atoms with Crippen molar-refractivity contribution < 1.29 is 0 Å². The Morgan fingerprint density at radius 3 is 2.88 bits per heavy atom. The number of hydrogen-bond donors (Lipinski definition) is 2. The van der Waals surface area contributed by atoms with Gasteiger partial charge in [-0.25, -0.2) is 0 Å². The number of hydrogen-bond acceptors (Lipinski definition) is 3. The number of halogens is 1. The molecule has 0 amide bonds. The molecule has 1 heterocycles. The number of aromatic nitrogens is 1. The lowest BCUT2D eigenvalue weighted by molar-refractivity contribution is 0.482. The fourth-order valence-corrected chi connectivity index (χ4v) is 2.02. The Hall–Kier alpha value is -0.640. The number of hydrazine groups is 1. The van der Waals surface area contributed by atoms with Crippen molar-refractivity contribution in [2.75, 3.05) is 0 Å². The third-order valence-electron chi connectivity index (χ3n) is 2.73. The molecular formula is C12H20ClN3. The maximum atomic E-state index is 6.08. The smallest absolute Gasteiger partial charge is 0.0637 e. The lowest BCUT2D eigenvalue weighted by atomic mass is 10.0. The molecule has 0 aliphatic carbocycles. The summed E-state index contributed by atoms with van der Waals surface area (Å²) >= 11 is 6.08. The Balaban J connectivity index is 2.51. The molecule has 1 atom stereocenters. The van der Waals surface area contributed by atoms with Gasteiger partial charge in [0.1, 0.15) is 0 Å². The zero-order valence-corrected chi connectivity index (χ0v) is 10.5. The normalized spacial score (nSPS) is 12.7. The summed E-state index contributed by atoms with van der Waals surface area (Å²) in [5.74, 6) is 5.56. The molecule has 0 radical (unpaired) electrons. The highest BCUT2D eigenvalue weighted by molar-refractivity contribution is 6.31. The summed E-state index contributed by atoms with van der Waals surface area (Å²) in [7, 11) is 0. The van der Waals surface area contributed by atoms with Crippen LogP contribution in [-0.2, 0) is 0 Å². The van der Waals surface area contributed by atoms with Crippen molar-refractivity contribution in [2.45, 2.75) is 45.1 Å². The van der Waals surface area contributed by atoms with Gasteiger partial charge in [0.25, 0.3) is 0 Å². The summed E-state index contributed by atoms with van der Waals surface area (Å²) in [4.78, 5) is 3.97. The monoisotopic (exact) mass is 241 g/mol. The number of rotatable bonds is 7. The van der Waals surface area contributed by atoms with E-state index in [9.17, 15) is 0 Å². The molecule has 0 saturated heterocycles. The van der Waals surface area contributed by atoms with Gasteiger partial charge in [-0.05, 0) is 18.1 Å². The van der Waals surface area contributed by atoms with Crippen molar-refractivity contribution in [3.63, 3.8) is 0 Å². The molecule has 0 spiro atoms. The molecule has 0 saturated carbocycles. The van der Waals surface area contributed by atoms with Crippen molar-refractivity contribution in [1.82, 2.24) is 10.4 Å². The van der Waals surface area contributed by atoms with E-state index in [0.29, 0.717) is 5.02 Å². The number of pyridine rings is 1. The van der Waals surface area contributed by atoms with Crippen LogP contribution in [0.3, 0.4) is 0 Å². The van der Waals surface area contributed by atoms with E-state index in [4.69, 9.17) is 17.4 Å². The number of nitrogens with two attached hydrogens (primary N) is 1. The van der Waals surface area contributed by atoms with E-state index in [1.54, 1.807) is 12.4 Å². The third-order valence-corrected chi connectivity index (χ3v) is 3.04. The molecule has 3 N–H and O–H groups in total. The van der Waals surface area contributed by atoms with Gasteiger partial charge in [0.15, 0.2) is 0 Å². The summed E-state index contributed by atoms with van der Waals surface area (Å²) in [6, 6.07) is 2.06. The van der Waals surface area contributed by atoms with Gasteiger partial charge in [-0.3, -0.25) is 16.3 Å². The maximum Gasteiger partial charge on any atom is 0.0637 e. The summed E-state index contributed by atoms with van der Waals surface area (Å²) < 4.78 is 0. The second-order valence-corrected chi connectivity index (χ2v) is 4.37. The molecule has 1 rings (SSSR count). The van der Waals surface area contributed by atoms with E-state index < -0.39 is 0 Å². The third kappa shape index (κ3) is 4.08. The first kappa shape index (κ1) is 13.4. The average Bonchev–Trinajstić information content (AvgIpc) is 2.31. The van der Waals surface area contributed by atoms with Gasteiger partial charge in [0, 0.05) is 18.4 Å². The molecule has 0 aliphatic rings. The lowest BCUT2D eigenvalue weighted by Crippen LogP contribution is -2.28. The van der Waals surface area contributed by atoms with Crippen molar-refractivity contribution in [2.24, 2.45) is 5.84 Å². The van der Waals surface area contributed by atoms with Crippen molar-refractivity contribution in [1.29, 1.82) is 0 Å². The predicted molar refractivity (Wildman–Crippen MR) is 68.1 cm³/mol. The topological polar surface area (TPSA) is 50.9 Å². The maximum absolute atomic E-state index is 6.08. The summed E-state index contributed by atoms with van der Waals surface area (Å²) in [6.07, 6.45) is 9.36. The second kappa shape index (κ2) is 7.60. The van der Waals surface area contributed by atoms with Crippen LogP contribution in [0.25, 0.3) is 0 Å². The van der Waals surface area contributed by atoms with E-state index in [1.807, 2.05) is 6.07 Å². The molecule has 3 nitrogen and oxygen atoms in total. The van der Waals surface area contributed by atoms with Crippen molar-refractivity contribution >= 4 is 11.6 Å². The van der Waals surface area contributed by atoms with E-state index in [2.05, 4.69) is 17.3 Å². The SMILES string of the molecule is CCCCCCC(NN)c1ccncc1Cl. The molecule has 90 valence electrons. The van der Waals surface area contributed by atoms with Gasteiger partial charge in [-0.1, -0.05) is 44.2 Å². The summed E-state index contributed by atoms with van der Waals surface area (Å²) in [6.45, 7) is 2.21. The Bertz CT molecular complexity index is 304. The van der Waals surface area contributed by atoms with E-state index in [1.165, 1.54) is 25.7 Å². The van der Waals surface area contributed by atoms with Crippen LogP contribution in [0.4, 0.5) is 0 Å². The molecule has 0 bridgehead atoms. The highest BCUT2D eigenvalue weighted by atomic mass is 35.5.